The number of carbonyl (C=O) groups is 2. The molecule has 24 heavy (non-hydrogen) atoms. The van der Waals surface area contributed by atoms with Crippen LogP contribution < -0.4 is 15.4 Å². The molecule has 0 bridgehead atoms. The van der Waals surface area contributed by atoms with E-state index in [1.54, 1.807) is 7.11 Å². The van der Waals surface area contributed by atoms with Crippen molar-refractivity contribution in [3.8, 4) is 5.75 Å². The Morgan fingerprint density at radius 1 is 1.25 bits per heavy atom. The number of carbonyl (C=O) groups excluding carboxylic acids is 2. The van der Waals surface area contributed by atoms with Crippen molar-refractivity contribution in [1.82, 2.24) is 10.2 Å². The van der Waals surface area contributed by atoms with E-state index in [0.717, 1.165) is 0 Å². The predicted octanol–water partition coefficient (Wildman–Crippen LogP) is 2.56. The number of anilines is 2. The predicted molar refractivity (Wildman–Crippen MR) is 90.9 cm³/mol. The Morgan fingerprint density at radius 2 is 2.00 bits per heavy atom. The van der Waals surface area contributed by atoms with Crippen LogP contribution in [-0.4, -0.2) is 36.2 Å². The van der Waals surface area contributed by atoms with Crippen LogP contribution in [0.3, 0.4) is 0 Å². The fourth-order valence-corrected chi connectivity index (χ4v) is 2.75. The fourth-order valence-electron chi connectivity index (χ4n) is 1.84. The highest BCUT2D eigenvalue weighted by atomic mass is 35.5. The van der Waals surface area contributed by atoms with Crippen LogP contribution >= 0.6 is 22.9 Å². The summed E-state index contributed by atoms with van der Waals surface area (Å²) in [6, 6.07) is 2.90. The number of rotatable bonds is 6. The molecule has 0 atom stereocenters. The summed E-state index contributed by atoms with van der Waals surface area (Å²) >= 11 is 7.30. The summed E-state index contributed by atoms with van der Waals surface area (Å²) in [6.07, 6.45) is 0. The van der Waals surface area contributed by atoms with Crippen LogP contribution in [0, 0.1) is 0 Å². The molecule has 128 valence electrons. The van der Waals surface area contributed by atoms with E-state index in [9.17, 15) is 9.59 Å². The van der Waals surface area contributed by atoms with E-state index in [4.69, 9.17) is 21.1 Å². The minimum atomic E-state index is -0.455. The van der Waals surface area contributed by atoms with Crippen LogP contribution in [0.5, 0.6) is 5.75 Å². The lowest BCUT2D eigenvalue weighted by Gasteiger charge is -2.12. The number of methoxy groups -OCH3 is 2. The van der Waals surface area contributed by atoms with Gasteiger partial charge in [-0.15, -0.1) is 10.2 Å². The van der Waals surface area contributed by atoms with Crippen LogP contribution in [0.1, 0.15) is 22.3 Å². The normalized spacial score (nSPS) is 10.3. The summed E-state index contributed by atoms with van der Waals surface area (Å²) in [5.41, 5.74) is 0.566. The molecule has 1 heterocycles. The molecular weight excluding hydrogens is 356 g/mol. The van der Waals surface area contributed by atoms with E-state index in [2.05, 4.69) is 20.8 Å². The summed E-state index contributed by atoms with van der Waals surface area (Å²) in [6.45, 7) is 1.67. The average molecular weight is 371 g/mol. The first kappa shape index (κ1) is 18.1. The van der Waals surface area contributed by atoms with Crippen molar-refractivity contribution in [1.29, 1.82) is 0 Å². The molecule has 0 aliphatic rings. The molecule has 1 aromatic heterocycles. The first-order chi connectivity index (χ1) is 11.4. The minimum Gasteiger partial charge on any atom is -0.496 e. The first-order valence-corrected chi connectivity index (χ1v) is 7.91. The fraction of sp³-hybridized carbons (Fsp3) is 0.286. The van der Waals surface area contributed by atoms with E-state index in [0.29, 0.717) is 22.4 Å². The zero-order valence-electron chi connectivity index (χ0n) is 13.2. The average Bonchev–Trinajstić information content (AvgIpc) is 2.96. The van der Waals surface area contributed by atoms with E-state index >= 15 is 0 Å². The largest absolute Gasteiger partial charge is 0.496 e. The third-order valence-electron chi connectivity index (χ3n) is 2.80. The SMILES string of the molecule is COCc1nnc(NC(=O)c2cc(Cl)c(NC(C)=O)cc2OC)s1. The lowest BCUT2D eigenvalue weighted by atomic mass is 10.1. The second-order valence-corrected chi connectivity index (χ2v) is 6.07. The maximum absolute atomic E-state index is 12.4. The zero-order valence-corrected chi connectivity index (χ0v) is 14.7. The number of benzene rings is 1. The Kier molecular flexibility index (Phi) is 6.07. The van der Waals surface area contributed by atoms with Gasteiger partial charge in [0.1, 0.15) is 17.4 Å². The molecule has 2 aromatic rings. The smallest absolute Gasteiger partial charge is 0.261 e. The Bertz CT molecular complexity index is 765. The van der Waals surface area contributed by atoms with E-state index in [1.165, 1.54) is 37.5 Å². The molecule has 10 heteroatoms. The Hall–Kier alpha value is -2.23. The van der Waals surface area contributed by atoms with Gasteiger partial charge >= 0.3 is 0 Å². The number of hydrogen-bond donors (Lipinski definition) is 2. The van der Waals surface area contributed by atoms with Crippen molar-refractivity contribution < 1.29 is 19.1 Å². The number of ether oxygens (including phenoxy) is 2. The molecule has 2 rings (SSSR count). The lowest BCUT2D eigenvalue weighted by Crippen LogP contribution is -2.14. The molecule has 0 spiro atoms. The summed E-state index contributed by atoms with van der Waals surface area (Å²) in [4.78, 5) is 23.6. The molecule has 0 saturated heterocycles. The molecule has 0 aliphatic heterocycles. The van der Waals surface area contributed by atoms with Crippen LogP contribution in [0.2, 0.25) is 5.02 Å². The molecule has 2 amide bonds. The Morgan fingerprint density at radius 3 is 2.62 bits per heavy atom. The zero-order chi connectivity index (χ0) is 17.7. The molecule has 0 fully saturated rings. The number of hydrogen-bond acceptors (Lipinski definition) is 7. The van der Waals surface area contributed by atoms with Crippen LogP contribution in [0.15, 0.2) is 12.1 Å². The monoisotopic (exact) mass is 370 g/mol. The molecule has 0 radical (unpaired) electrons. The number of aromatic nitrogens is 2. The summed E-state index contributed by atoms with van der Waals surface area (Å²) in [7, 11) is 2.96. The van der Waals surface area contributed by atoms with Gasteiger partial charge in [-0.1, -0.05) is 22.9 Å². The van der Waals surface area contributed by atoms with E-state index in [1.807, 2.05) is 0 Å². The molecule has 0 unspecified atom stereocenters. The first-order valence-electron chi connectivity index (χ1n) is 6.72. The molecule has 8 nitrogen and oxygen atoms in total. The molecule has 0 aliphatic carbocycles. The number of nitrogens with one attached hydrogen (secondary N) is 2. The van der Waals surface area contributed by atoms with Crippen molar-refractivity contribution in [2.45, 2.75) is 13.5 Å². The van der Waals surface area contributed by atoms with Gasteiger partial charge in [-0.05, 0) is 6.07 Å². The van der Waals surface area contributed by atoms with Gasteiger partial charge in [0.2, 0.25) is 11.0 Å². The highest BCUT2D eigenvalue weighted by Crippen LogP contribution is 2.31. The van der Waals surface area contributed by atoms with Crippen molar-refractivity contribution in [3.05, 3.63) is 27.7 Å². The van der Waals surface area contributed by atoms with E-state index < -0.39 is 5.91 Å². The van der Waals surface area contributed by atoms with Gasteiger partial charge in [0.25, 0.3) is 5.91 Å². The molecule has 2 N–H and O–H groups in total. The van der Waals surface area contributed by atoms with Crippen LogP contribution in [0.4, 0.5) is 10.8 Å². The topological polar surface area (TPSA) is 102 Å². The third kappa shape index (κ3) is 4.40. The molecular formula is C14H15ClN4O4S. The minimum absolute atomic E-state index is 0.208. The van der Waals surface area contributed by atoms with Gasteiger partial charge in [-0.2, -0.15) is 0 Å². The highest BCUT2D eigenvalue weighted by Gasteiger charge is 2.18. The standard InChI is InChI=1S/C14H15ClN4O4S/c1-7(20)16-10-5-11(23-3)8(4-9(10)15)13(21)17-14-19-18-12(24-14)6-22-2/h4-5H,6H2,1-3H3,(H,16,20)(H,17,19,21). The number of halogens is 1. The number of nitrogens with zero attached hydrogens (tertiary/aromatic N) is 2. The van der Waals surface area contributed by atoms with E-state index in [-0.39, 0.29) is 22.2 Å². The maximum atomic E-state index is 12.4. The summed E-state index contributed by atoms with van der Waals surface area (Å²) < 4.78 is 10.2. The van der Waals surface area contributed by atoms with Gasteiger partial charge in [-0.3, -0.25) is 14.9 Å². The highest BCUT2D eigenvalue weighted by molar-refractivity contribution is 7.15. The van der Waals surface area contributed by atoms with Crippen molar-refractivity contribution in [2.24, 2.45) is 0 Å². The summed E-state index contributed by atoms with van der Waals surface area (Å²) in [5.74, 6) is -0.471. The van der Waals surface area contributed by atoms with Crippen LogP contribution in [-0.2, 0) is 16.1 Å². The molecule has 0 saturated carbocycles. The number of amides is 2. The summed E-state index contributed by atoms with van der Waals surface area (Å²) in [5, 5.41) is 14.1. The van der Waals surface area contributed by atoms with Gasteiger partial charge in [0.05, 0.1) is 23.4 Å². The second-order valence-electron chi connectivity index (χ2n) is 4.60. The Balaban J connectivity index is 2.24. The third-order valence-corrected chi connectivity index (χ3v) is 3.92. The van der Waals surface area contributed by atoms with Gasteiger partial charge < -0.3 is 14.8 Å². The quantitative estimate of drug-likeness (QED) is 0.810. The van der Waals surface area contributed by atoms with Crippen molar-refractivity contribution >= 4 is 45.6 Å². The second kappa shape index (κ2) is 8.04. The molecule has 1 aromatic carbocycles. The maximum Gasteiger partial charge on any atom is 0.261 e. The van der Waals surface area contributed by atoms with Crippen LogP contribution in [0.25, 0.3) is 0 Å². The van der Waals surface area contributed by atoms with Gasteiger partial charge in [-0.25, -0.2) is 0 Å². The lowest BCUT2D eigenvalue weighted by molar-refractivity contribution is -0.114. The van der Waals surface area contributed by atoms with Crippen molar-refractivity contribution in [3.63, 3.8) is 0 Å². The van der Waals surface area contributed by atoms with Crippen molar-refractivity contribution in [2.75, 3.05) is 24.9 Å². The van der Waals surface area contributed by atoms with Gasteiger partial charge in [0, 0.05) is 20.1 Å². The Labute approximate surface area is 147 Å². The van der Waals surface area contributed by atoms with Gasteiger partial charge in [0.15, 0.2) is 0 Å².